The fraction of sp³-hybridized carbons (Fsp3) is 0.211. The highest BCUT2D eigenvalue weighted by molar-refractivity contribution is 5.45. The lowest BCUT2D eigenvalue weighted by Gasteiger charge is -2.05. The first-order chi connectivity index (χ1) is 11.7. The summed E-state index contributed by atoms with van der Waals surface area (Å²) in [4.78, 5) is 3.95. The zero-order chi connectivity index (χ0) is 17.2. The van der Waals surface area contributed by atoms with Gasteiger partial charge < -0.3 is 5.32 Å². The summed E-state index contributed by atoms with van der Waals surface area (Å²) < 4.78 is 13.8. The Morgan fingerprint density at radius 3 is 2.62 bits per heavy atom. The number of hydrogen-bond donors (Lipinski definition) is 1. The maximum atomic E-state index is 13.8. The predicted molar refractivity (Wildman–Crippen MR) is 87.9 cm³/mol. The van der Waals surface area contributed by atoms with E-state index in [-0.39, 0.29) is 5.82 Å². The van der Waals surface area contributed by atoms with Gasteiger partial charge in [0.25, 0.3) is 0 Å². The molecule has 0 fully saturated rings. The molecule has 1 aromatic carbocycles. The molecule has 0 aliphatic carbocycles. The molecule has 0 amide bonds. The summed E-state index contributed by atoms with van der Waals surface area (Å²) in [6, 6.07) is 10.4. The van der Waals surface area contributed by atoms with Crippen molar-refractivity contribution in [3.05, 3.63) is 64.7 Å². The molecule has 0 atom stereocenters. The van der Waals surface area contributed by atoms with Gasteiger partial charge in [0.05, 0.1) is 11.6 Å². The van der Waals surface area contributed by atoms with Crippen molar-refractivity contribution in [2.24, 2.45) is 0 Å². The van der Waals surface area contributed by atoms with E-state index in [0.29, 0.717) is 41.8 Å². The Morgan fingerprint density at radius 1 is 1.04 bits per heavy atom. The maximum absolute atomic E-state index is 13.8. The Kier molecular flexibility index (Phi) is 6.47. The van der Waals surface area contributed by atoms with Crippen molar-refractivity contribution in [3.8, 4) is 24.0 Å². The van der Waals surface area contributed by atoms with Gasteiger partial charge >= 0.3 is 0 Å². The molecule has 118 valence electrons. The fourth-order valence-electron chi connectivity index (χ4n) is 2.02. The number of hydrogen-bond acceptors (Lipinski definition) is 4. The average Bonchev–Trinajstić information content (AvgIpc) is 2.62. The summed E-state index contributed by atoms with van der Waals surface area (Å²) in [6.07, 6.45) is 4.27. The molecule has 1 aromatic heterocycles. The van der Waals surface area contributed by atoms with Crippen molar-refractivity contribution in [2.45, 2.75) is 19.4 Å². The van der Waals surface area contributed by atoms with Crippen molar-refractivity contribution >= 4 is 0 Å². The van der Waals surface area contributed by atoms with Gasteiger partial charge in [-0.2, -0.15) is 10.5 Å². The molecule has 0 saturated heterocycles. The number of nitriles is 2. The van der Waals surface area contributed by atoms with E-state index < -0.39 is 0 Å². The SMILES string of the molecule is N#CCCCNCc1cc(C#Cc2cncc(C#N)c2)ccc1F. The first-order valence-corrected chi connectivity index (χ1v) is 7.46. The third-order valence-electron chi connectivity index (χ3n) is 3.22. The van der Waals surface area contributed by atoms with E-state index in [1.165, 1.54) is 12.3 Å². The summed E-state index contributed by atoms with van der Waals surface area (Å²) in [5.74, 6) is 5.59. The second-order valence-electron chi connectivity index (χ2n) is 5.07. The maximum Gasteiger partial charge on any atom is 0.127 e. The van der Waals surface area contributed by atoms with Crippen LogP contribution in [0, 0.1) is 40.3 Å². The Balaban J connectivity index is 2.07. The molecule has 0 saturated carbocycles. The summed E-state index contributed by atoms with van der Waals surface area (Å²) in [7, 11) is 0. The summed E-state index contributed by atoms with van der Waals surface area (Å²) in [5, 5.41) is 20.4. The van der Waals surface area contributed by atoms with E-state index in [1.807, 2.05) is 6.07 Å². The van der Waals surface area contributed by atoms with Gasteiger partial charge in [0.2, 0.25) is 0 Å². The van der Waals surface area contributed by atoms with Crippen LogP contribution in [0.25, 0.3) is 0 Å². The predicted octanol–water partition coefficient (Wildman–Crippen LogP) is 2.89. The molecule has 1 heterocycles. The van der Waals surface area contributed by atoms with Crippen molar-refractivity contribution in [3.63, 3.8) is 0 Å². The van der Waals surface area contributed by atoms with Crippen LogP contribution in [-0.2, 0) is 6.54 Å². The zero-order valence-corrected chi connectivity index (χ0v) is 13.0. The Bertz CT molecular complexity index is 850. The van der Waals surface area contributed by atoms with Gasteiger partial charge in [-0.05, 0) is 37.2 Å². The Hall–Kier alpha value is -3.20. The van der Waals surface area contributed by atoms with Gasteiger partial charge in [0.15, 0.2) is 0 Å². The largest absolute Gasteiger partial charge is 0.313 e. The number of rotatable bonds is 5. The highest BCUT2D eigenvalue weighted by Crippen LogP contribution is 2.10. The first-order valence-electron chi connectivity index (χ1n) is 7.46. The molecule has 0 aliphatic rings. The zero-order valence-electron chi connectivity index (χ0n) is 13.0. The molecular formula is C19H15FN4. The second-order valence-corrected chi connectivity index (χ2v) is 5.07. The van der Waals surface area contributed by atoms with E-state index in [0.717, 1.165) is 6.42 Å². The molecule has 2 aromatic rings. The fourth-order valence-corrected chi connectivity index (χ4v) is 2.02. The van der Waals surface area contributed by atoms with E-state index in [4.69, 9.17) is 10.5 Å². The minimum atomic E-state index is -0.290. The van der Waals surface area contributed by atoms with Crippen LogP contribution in [-0.4, -0.2) is 11.5 Å². The van der Waals surface area contributed by atoms with Gasteiger partial charge in [0.1, 0.15) is 11.9 Å². The highest BCUT2D eigenvalue weighted by Gasteiger charge is 2.02. The van der Waals surface area contributed by atoms with Crippen LogP contribution in [0.5, 0.6) is 0 Å². The lowest BCUT2D eigenvalue weighted by atomic mass is 10.1. The molecule has 0 radical (unpaired) electrons. The number of pyridine rings is 1. The number of nitrogens with one attached hydrogen (secondary N) is 1. The standard InChI is InChI=1S/C19H15FN4/c20-19-6-5-15(10-18(19)14-23-8-2-1-7-21)3-4-16-9-17(11-22)13-24-12-16/h5-6,9-10,12-13,23H,1-2,8,14H2. The van der Waals surface area contributed by atoms with Gasteiger partial charge in [-0.15, -0.1) is 0 Å². The van der Waals surface area contributed by atoms with Crippen molar-refractivity contribution in [1.82, 2.24) is 10.3 Å². The highest BCUT2D eigenvalue weighted by atomic mass is 19.1. The number of halogens is 1. The molecule has 4 nitrogen and oxygen atoms in total. The van der Waals surface area contributed by atoms with Crippen LogP contribution in [0.1, 0.15) is 35.1 Å². The van der Waals surface area contributed by atoms with E-state index in [9.17, 15) is 4.39 Å². The molecule has 1 N–H and O–H groups in total. The summed E-state index contributed by atoms with van der Waals surface area (Å²) in [6.45, 7) is 1.05. The molecule has 24 heavy (non-hydrogen) atoms. The number of aromatic nitrogens is 1. The molecule has 0 bridgehead atoms. The van der Waals surface area contributed by atoms with E-state index in [1.54, 1.807) is 24.4 Å². The normalized spacial score (nSPS) is 9.46. The molecule has 0 unspecified atom stereocenters. The van der Waals surface area contributed by atoms with E-state index in [2.05, 4.69) is 28.2 Å². The van der Waals surface area contributed by atoms with Crippen LogP contribution in [0.3, 0.4) is 0 Å². The summed E-state index contributed by atoms with van der Waals surface area (Å²) >= 11 is 0. The lowest BCUT2D eigenvalue weighted by Crippen LogP contribution is -2.15. The minimum Gasteiger partial charge on any atom is -0.313 e. The first kappa shape index (κ1) is 17.2. The molecular weight excluding hydrogens is 303 g/mol. The number of benzene rings is 1. The van der Waals surface area contributed by atoms with Crippen LogP contribution in [0.2, 0.25) is 0 Å². The molecule has 0 aliphatic heterocycles. The molecule has 0 spiro atoms. The van der Waals surface area contributed by atoms with Gasteiger partial charge in [-0.1, -0.05) is 11.8 Å². The van der Waals surface area contributed by atoms with Gasteiger partial charge in [0, 0.05) is 42.0 Å². The van der Waals surface area contributed by atoms with Crippen LogP contribution in [0.15, 0.2) is 36.7 Å². The average molecular weight is 318 g/mol. The topological polar surface area (TPSA) is 72.5 Å². The lowest BCUT2D eigenvalue weighted by molar-refractivity contribution is 0.583. The quantitative estimate of drug-likeness (QED) is 0.679. The third kappa shape index (κ3) is 5.21. The van der Waals surface area contributed by atoms with Crippen LogP contribution in [0.4, 0.5) is 4.39 Å². The smallest absolute Gasteiger partial charge is 0.127 e. The summed E-state index contributed by atoms with van der Waals surface area (Å²) in [5.41, 5.74) is 2.30. The monoisotopic (exact) mass is 318 g/mol. The Morgan fingerprint density at radius 2 is 1.83 bits per heavy atom. The number of nitrogens with zero attached hydrogens (tertiary/aromatic N) is 3. The second kappa shape index (κ2) is 9.06. The Labute approximate surface area is 140 Å². The molecule has 2 rings (SSSR count). The van der Waals surface area contributed by atoms with Crippen molar-refractivity contribution in [1.29, 1.82) is 10.5 Å². The third-order valence-corrected chi connectivity index (χ3v) is 3.22. The van der Waals surface area contributed by atoms with Gasteiger partial charge in [-0.3, -0.25) is 4.98 Å². The van der Waals surface area contributed by atoms with Gasteiger partial charge in [-0.25, -0.2) is 4.39 Å². The van der Waals surface area contributed by atoms with Crippen molar-refractivity contribution in [2.75, 3.05) is 6.54 Å². The minimum absolute atomic E-state index is 0.290. The van der Waals surface area contributed by atoms with E-state index >= 15 is 0 Å². The number of unbranched alkanes of at least 4 members (excludes halogenated alkanes) is 1. The van der Waals surface area contributed by atoms with Crippen molar-refractivity contribution < 1.29 is 4.39 Å². The molecule has 5 heteroatoms. The van der Waals surface area contributed by atoms with Crippen LogP contribution < -0.4 is 5.32 Å². The van der Waals surface area contributed by atoms with Crippen LogP contribution >= 0.6 is 0 Å².